The van der Waals surface area contributed by atoms with Gasteiger partial charge < -0.3 is 9.57 Å². The number of hydrogen-bond acceptors (Lipinski definition) is 3. The molecule has 2 aromatic rings. The summed E-state index contributed by atoms with van der Waals surface area (Å²) in [6, 6.07) is 10.7. The minimum atomic E-state index is -4.40. The van der Waals surface area contributed by atoms with Gasteiger partial charge in [-0.2, -0.15) is 18.7 Å². The van der Waals surface area contributed by atoms with Crippen LogP contribution < -0.4 is 15.1 Å². The molecule has 22 heavy (non-hydrogen) atoms. The maximum atomic E-state index is 12.5. The van der Waals surface area contributed by atoms with Crippen molar-refractivity contribution in [1.82, 2.24) is 5.48 Å². The van der Waals surface area contributed by atoms with Gasteiger partial charge in [-0.3, -0.25) is 4.79 Å². The molecular formula is C15H12F3NO3. The fourth-order valence-corrected chi connectivity index (χ4v) is 1.58. The van der Waals surface area contributed by atoms with Crippen LogP contribution in [0.1, 0.15) is 12.5 Å². The Balaban J connectivity index is 2.15. The lowest BCUT2D eigenvalue weighted by molar-refractivity contribution is -0.137. The van der Waals surface area contributed by atoms with Crippen molar-refractivity contribution in [2.24, 2.45) is 0 Å². The monoisotopic (exact) mass is 311 g/mol. The Kier molecular flexibility index (Phi) is 4.55. The molecule has 0 aromatic heterocycles. The second kappa shape index (κ2) is 6.38. The van der Waals surface area contributed by atoms with Crippen LogP contribution in [0, 0.1) is 0 Å². The molecule has 4 nitrogen and oxygen atoms in total. The van der Waals surface area contributed by atoms with Gasteiger partial charge in [0.1, 0.15) is 5.75 Å². The van der Waals surface area contributed by atoms with Crippen LogP contribution in [-0.2, 0) is 11.0 Å². The zero-order valence-corrected chi connectivity index (χ0v) is 11.5. The van der Waals surface area contributed by atoms with E-state index in [-0.39, 0.29) is 17.2 Å². The van der Waals surface area contributed by atoms with E-state index in [2.05, 4.69) is 5.48 Å². The van der Waals surface area contributed by atoms with Crippen LogP contribution in [-0.4, -0.2) is 5.91 Å². The largest absolute Gasteiger partial charge is 0.453 e. The van der Waals surface area contributed by atoms with Crippen molar-refractivity contribution in [3.8, 4) is 17.2 Å². The lowest BCUT2D eigenvalue weighted by Crippen LogP contribution is -2.23. The number of alkyl halides is 3. The Labute approximate surface area is 124 Å². The molecule has 0 spiro atoms. The second-order valence-electron chi connectivity index (χ2n) is 4.33. The molecule has 1 N–H and O–H groups in total. The lowest BCUT2D eigenvalue weighted by atomic mass is 10.2. The van der Waals surface area contributed by atoms with E-state index in [1.165, 1.54) is 19.1 Å². The van der Waals surface area contributed by atoms with Crippen molar-refractivity contribution < 1.29 is 27.5 Å². The van der Waals surface area contributed by atoms with Gasteiger partial charge in [0.25, 0.3) is 0 Å². The summed E-state index contributed by atoms with van der Waals surface area (Å²) in [6.07, 6.45) is -4.40. The molecule has 0 saturated heterocycles. The van der Waals surface area contributed by atoms with Gasteiger partial charge in [-0.15, -0.1) is 0 Å². The molecule has 1 amide bonds. The van der Waals surface area contributed by atoms with Gasteiger partial charge in [0.15, 0.2) is 11.5 Å². The average molecular weight is 311 g/mol. The molecule has 2 rings (SSSR count). The van der Waals surface area contributed by atoms with Crippen LogP contribution in [0.3, 0.4) is 0 Å². The van der Waals surface area contributed by atoms with Gasteiger partial charge in [-0.25, -0.2) is 0 Å². The van der Waals surface area contributed by atoms with Crippen LogP contribution in [0.5, 0.6) is 17.2 Å². The topological polar surface area (TPSA) is 47.6 Å². The highest BCUT2D eigenvalue weighted by molar-refractivity contribution is 5.71. The highest BCUT2D eigenvalue weighted by Gasteiger charge is 2.30. The third-order valence-corrected chi connectivity index (χ3v) is 2.56. The number of benzene rings is 2. The molecule has 0 aliphatic carbocycles. The van der Waals surface area contributed by atoms with Crippen molar-refractivity contribution in [2.75, 3.05) is 0 Å². The van der Waals surface area contributed by atoms with Gasteiger partial charge in [0.05, 0.1) is 5.56 Å². The number of nitrogens with one attached hydrogen (secondary N) is 1. The number of halogens is 3. The summed E-state index contributed by atoms with van der Waals surface area (Å²) in [7, 11) is 0. The summed E-state index contributed by atoms with van der Waals surface area (Å²) in [5, 5.41) is 0. The quantitative estimate of drug-likeness (QED) is 0.870. The first kappa shape index (κ1) is 15.7. The molecule has 0 radical (unpaired) electrons. The second-order valence-corrected chi connectivity index (χ2v) is 4.33. The third kappa shape index (κ3) is 4.15. The molecule has 0 saturated carbocycles. The van der Waals surface area contributed by atoms with E-state index < -0.39 is 17.6 Å². The average Bonchev–Trinajstić information content (AvgIpc) is 2.46. The van der Waals surface area contributed by atoms with Crippen LogP contribution in [0.2, 0.25) is 0 Å². The Bertz CT molecular complexity index is 654. The van der Waals surface area contributed by atoms with Crippen molar-refractivity contribution in [3.63, 3.8) is 0 Å². The summed E-state index contributed by atoms with van der Waals surface area (Å²) < 4.78 is 42.9. The van der Waals surface area contributed by atoms with Crippen LogP contribution >= 0.6 is 0 Å². The third-order valence-electron chi connectivity index (χ3n) is 2.56. The summed E-state index contributed by atoms with van der Waals surface area (Å²) >= 11 is 0. The molecule has 0 unspecified atom stereocenters. The number of para-hydroxylation sites is 2. The van der Waals surface area contributed by atoms with Crippen molar-refractivity contribution in [1.29, 1.82) is 0 Å². The number of hydroxylamine groups is 1. The maximum Gasteiger partial charge on any atom is 0.416 e. The normalized spacial score (nSPS) is 10.9. The molecule has 7 heteroatoms. The van der Waals surface area contributed by atoms with Crippen molar-refractivity contribution in [2.45, 2.75) is 13.1 Å². The van der Waals surface area contributed by atoms with Crippen molar-refractivity contribution >= 4 is 5.91 Å². The molecule has 0 aliphatic rings. The van der Waals surface area contributed by atoms with E-state index in [0.717, 1.165) is 12.1 Å². The fourth-order valence-electron chi connectivity index (χ4n) is 1.58. The van der Waals surface area contributed by atoms with E-state index in [9.17, 15) is 18.0 Å². The number of carbonyl (C=O) groups is 1. The zero-order chi connectivity index (χ0) is 16.2. The van der Waals surface area contributed by atoms with Crippen LogP contribution in [0.25, 0.3) is 0 Å². The Morgan fingerprint density at radius 2 is 1.59 bits per heavy atom. The van der Waals surface area contributed by atoms with E-state index in [4.69, 9.17) is 9.57 Å². The summed E-state index contributed by atoms with van der Waals surface area (Å²) in [5.41, 5.74) is 1.39. The number of amides is 1. The number of ether oxygens (including phenoxy) is 1. The minimum absolute atomic E-state index is 0.215. The Hall–Kier alpha value is -2.70. The zero-order valence-electron chi connectivity index (χ0n) is 11.5. The van der Waals surface area contributed by atoms with Gasteiger partial charge >= 0.3 is 6.18 Å². The van der Waals surface area contributed by atoms with Gasteiger partial charge in [0.2, 0.25) is 5.91 Å². The van der Waals surface area contributed by atoms with Gasteiger partial charge in [0, 0.05) is 6.92 Å². The highest BCUT2D eigenvalue weighted by atomic mass is 19.4. The number of carbonyl (C=O) groups excluding carboxylic acids is 1. The predicted molar refractivity (Wildman–Crippen MR) is 72.4 cm³/mol. The first-order valence-electron chi connectivity index (χ1n) is 6.24. The van der Waals surface area contributed by atoms with Gasteiger partial charge in [-0.1, -0.05) is 12.1 Å². The summed E-state index contributed by atoms with van der Waals surface area (Å²) in [4.78, 5) is 15.9. The van der Waals surface area contributed by atoms with E-state index in [1.807, 2.05) is 0 Å². The lowest BCUT2D eigenvalue weighted by Gasteiger charge is -2.12. The molecule has 2 aromatic carbocycles. The van der Waals surface area contributed by atoms with Gasteiger partial charge in [-0.05, 0) is 36.4 Å². The van der Waals surface area contributed by atoms with Crippen LogP contribution in [0.4, 0.5) is 13.2 Å². The minimum Gasteiger partial charge on any atom is -0.453 e. The molecule has 116 valence electrons. The summed E-state index contributed by atoms with van der Waals surface area (Å²) in [5.74, 6) is 0.310. The van der Waals surface area contributed by atoms with E-state index in [1.54, 1.807) is 24.3 Å². The first-order valence-corrected chi connectivity index (χ1v) is 6.24. The van der Waals surface area contributed by atoms with Crippen molar-refractivity contribution in [3.05, 3.63) is 54.1 Å². The standard InChI is InChI=1S/C15H12F3NO3/c1-10(20)19-22-14-5-3-2-4-13(14)21-12-8-6-11(7-9-12)15(16,17)18/h2-9H,1H3,(H,19,20). The molecule has 0 fully saturated rings. The Morgan fingerprint density at radius 3 is 2.14 bits per heavy atom. The predicted octanol–water partition coefficient (Wildman–Crippen LogP) is 3.93. The Morgan fingerprint density at radius 1 is 1.00 bits per heavy atom. The molecule has 0 bridgehead atoms. The SMILES string of the molecule is CC(=O)NOc1ccccc1Oc1ccc(C(F)(F)F)cc1. The van der Waals surface area contributed by atoms with Crippen LogP contribution in [0.15, 0.2) is 48.5 Å². The fraction of sp³-hybridized carbons (Fsp3) is 0.133. The highest BCUT2D eigenvalue weighted by Crippen LogP contribution is 2.33. The number of hydrogen-bond donors (Lipinski definition) is 1. The van der Waals surface area contributed by atoms with E-state index >= 15 is 0 Å². The molecule has 0 aliphatic heterocycles. The smallest absolute Gasteiger partial charge is 0.416 e. The molecular weight excluding hydrogens is 299 g/mol. The molecule has 0 heterocycles. The first-order chi connectivity index (χ1) is 10.4. The van der Waals surface area contributed by atoms with E-state index in [0.29, 0.717) is 0 Å². The maximum absolute atomic E-state index is 12.5. The molecule has 0 atom stereocenters. The summed E-state index contributed by atoms with van der Waals surface area (Å²) in [6.45, 7) is 1.28. The number of rotatable bonds is 4.